The minimum atomic E-state index is -1.44. The first-order valence-corrected chi connectivity index (χ1v) is 5.94. The van der Waals surface area contributed by atoms with E-state index in [2.05, 4.69) is 4.74 Å². The second-order valence-electron chi connectivity index (χ2n) is 4.11. The van der Waals surface area contributed by atoms with Gasteiger partial charge in [0.2, 0.25) is 0 Å². The maximum atomic E-state index is 12.0. The van der Waals surface area contributed by atoms with Crippen LogP contribution < -0.4 is 5.73 Å². The molecule has 0 aromatic carbocycles. The number of hydrogen-bond donors (Lipinski definition) is 2. The minimum absolute atomic E-state index is 0.127. The highest BCUT2D eigenvalue weighted by molar-refractivity contribution is 6.02. The van der Waals surface area contributed by atoms with Crippen LogP contribution in [0.15, 0.2) is 0 Å². The van der Waals surface area contributed by atoms with Crippen molar-refractivity contribution < 1.29 is 24.2 Å². The van der Waals surface area contributed by atoms with Gasteiger partial charge in [-0.05, 0) is 26.2 Å². The summed E-state index contributed by atoms with van der Waals surface area (Å²) in [5, 5.41) is 9.03. The van der Waals surface area contributed by atoms with Crippen LogP contribution in [0.2, 0.25) is 0 Å². The van der Waals surface area contributed by atoms with E-state index in [1.165, 1.54) is 0 Å². The summed E-state index contributed by atoms with van der Waals surface area (Å²) >= 11 is 0. The number of carbonyl (C=O) groups excluding carboxylic acids is 2. The Kier molecular flexibility index (Phi) is 5.08. The molecule has 18 heavy (non-hydrogen) atoms. The van der Waals surface area contributed by atoms with Gasteiger partial charge in [0.15, 0.2) is 6.04 Å². The lowest BCUT2D eigenvalue weighted by Gasteiger charge is -2.34. The zero-order valence-electron chi connectivity index (χ0n) is 10.3. The fraction of sp³-hybridized carbons (Fsp3) is 0.727. The van der Waals surface area contributed by atoms with Crippen molar-refractivity contribution >= 4 is 17.8 Å². The molecular formula is C11H18N2O5. The van der Waals surface area contributed by atoms with Gasteiger partial charge >= 0.3 is 11.9 Å². The fourth-order valence-electron chi connectivity index (χ4n) is 1.96. The summed E-state index contributed by atoms with van der Waals surface area (Å²) in [5.41, 5.74) is 5.48. The summed E-state index contributed by atoms with van der Waals surface area (Å²) in [4.78, 5) is 35.5. The molecular weight excluding hydrogens is 240 g/mol. The monoisotopic (exact) mass is 258 g/mol. The number of rotatable bonds is 4. The van der Waals surface area contributed by atoms with Crippen molar-refractivity contribution in [3.63, 3.8) is 0 Å². The summed E-state index contributed by atoms with van der Waals surface area (Å²) in [6.07, 6.45) is 1.84. The predicted molar refractivity (Wildman–Crippen MR) is 61.6 cm³/mol. The number of aliphatic carboxylic acids is 1. The molecule has 3 N–H and O–H groups in total. The van der Waals surface area contributed by atoms with Crippen LogP contribution in [0.4, 0.5) is 0 Å². The number of likely N-dealkylation sites (tertiary alicyclic amines) is 1. The Morgan fingerprint density at radius 3 is 2.67 bits per heavy atom. The number of hydrogen-bond acceptors (Lipinski definition) is 5. The molecule has 1 amide bonds. The summed E-state index contributed by atoms with van der Waals surface area (Å²) < 4.78 is 4.65. The number of ether oxygens (including phenoxy) is 1. The van der Waals surface area contributed by atoms with E-state index in [9.17, 15) is 14.4 Å². The van der Waals surface area contributed by atoms with Crippen LogP contribution >= 0.6 is 0 Å². The van der Waals surface area contributed by atoms with Crippen molar-refractivity contribution in [3.05, 3.63) is 0 Å². The number of carbonyl (C=O) groups is 3. The second kappa shape index (κ2) is 6.34. The van der Waals surface area contributed by atoms with Crippen LogP contribution in [0.5, 0.6) is 0 Å². The molecule has 1 rings (SSSR count). The van der Waals surface area contributed by atoms with E-state index in [1.807, 2.05) is 0 Å². The molecule has 0 radical (unpaired) electrons. The summed E-state index contributed by atoms with van der Waals surface area (Å²) in [5.74, 6) is -2.57. The van der Waals surface area contributed by atoms with E-state index in [1.54, 1.807) is 6.92 Å². The van der Waals surface area contributed by atoms with Gasteiger partial charge in [0, 0.05) is 6.54 Å². The molecule has 0 bridgehead atoms. The largest absolute Gasteiger partial charge is 0.480 e. The van der Waals surface area contributed by atoms with Gasteiger partial charge in [-0.15, -0.1) is 0 Å². The zero-order valence-corrected chi connectivity index (χ0v) is 10.3. The highest BCUT2D eigenvalue weighted by Crippen LogP contribution is 2.18. The topological polar surface area (TPSA) is 110 Å². The van der Waals surface area contributed by atoms with Crippen LogP contribution in [0.3, 0.4) is 0 Å². The van der Waals surface area contributed by atoms with Gasteiger partial charge in [-0.3, -0.25) is 4.79 Å². The van der Waals surface area contributed by atoms with Crippen LogP contribution in [-0.4, -0.2) is 53.1 Å². The molecule has 1 saturated heterocycles. The second-order valence-corrected chi connectivity index (χ2v) is 4.11. The predicted octanol–water partition coefficient (Wildman–Crippen LogP) is -0.657. The van der Waals surface area contributed by atoms with E-state index in [4.69, 9.17) is 10.8 Å². The van der Waals surface area contributed by atoms with Crippen molar-refractivity contribution in [1.82, 2.24) is 4.90 Å². The summed E-state index contributed by atoms with van der Waals surface area (Å²) in [7, 11) is 0. The molecule has 1 heterocycles. The molecule has 1 unspecified atom stereocenters. The maximum Gasteiger partial charge on any atom is 0.332 e. The highest BCUT2D eigenvalue weighted by Gasteiger charge is 2.37. The van der Waals surface area contributed by atoms with E-state index >= 15 is 0 Å². The van der Waals surface area contributed by atoms with Gasteiger partial charge in [0.1, 0.15) is 6.04 Å². The molecule has 2 atom stereocenters. The normalized spacial score (nSPS) is 21.2. The molecule has 0 saturated carbocycles. The molecule has 0 aromatic rings. The number of carboxylic acids is 1. The number of piperidine rings is 1. The van der Waals surface area contributed by atoms with Crippen molar-refractivity contribution in [2.45, 2.75) is 38.3 Å². The lowest BCUT2D eigenvalue weighted by molar-refractivity contribution is -0.158. The molecule has 7 nitrogen and oxygen atoms in total. The average Bonchev–Trinajstić information content (AvgIpc) is 2.37. The van der Waals surface area contributed by atoms with Crippen molar-refractivity contribution in [1.29, 1.82) is 0 Å². The third kappa shape index (κ3) is 3.19. The van der Waals surface area contributed by atoms with Crippen molar-refractivity contribution in [3.8, 4) is 0 Å². The van der Waals surface area contributed by atoms with Crippen LogP contribution in [0.1, 0.15) is 26.2 Å². The van der Waals surface area contributed by atoms with Gasteiger partial charge in [-0.25, -0.2) is 9.59 Å². The lowest BCUT2D eigenvalue weighted by atomic mass is 10.0. The molecule has 1 aliphatic heterocycles. The first-order valence-electron chi connectivity index (χ1n) is 5.94. The number of nitrogens with two attached hydrogens (primary N) is 1. The van der Waals surface area contributed by atoms with Gasteiger partial charge in [-0.1, -0.05) is 0 Å². The molecule has 102 valence electrons. The quantitative estimate of drug-likeness (QED) is 0.512. The smallest absolute Gasteiger partial charge is 0.332 e. The third-order valence-electron chi connectivity index (χ3n) is 2.88. The van der Waals surface area contributed by atoms with Crippen LogP contribution in [0.25, 0.3) is 0 Å². The summed E-state index contributed by atoms with van der Waals surface area (Å²) in [6.45, 7) is 2.04. The number of nitrogens with zero attached hydrogens (tertiary/aromatic N) is 1. The zero-order chi connectivity index (χ0) is 13.7. The Hall–Kier alpha value is -1.63. The Labute approximate surface area is 105 Å². The Morgan fingerprint density at radius 1 is 1.44 bits per heavy atom. The minimum Gasteiger partial charge on any atom is -0.480 e. The molecule has 0 aromatic heterocycles. The third-order valence-corrected chi connectivity index (χ3v) is 2.88. The Bertz CT molecular complexity index is 344. The molecule has 0 spiro atoms. The number of amides is 1. The SMILES string of the molecule is CCOC(=O)C(N)C(=O)N1CCCC[C@@H]1C(=O)O. The first kappa shape index (κ1) is 14.4. The fourth-order valence-corrected chi connectivity index (χ4v) is 1.96. The lowest BCUT2D eigenvalue weighted by Crippen LogP contribution is -2.56. The van der Waals surface area contributed by atoms with Gasteiger partial charge < -0.3 is 20.5 Å². The summed E-state index contributed by atoms with van der Waals surface area (Å²) in [6, 6.07) is -2.34. The van der Waals surface area contributed by atoms with E-state index in [0.717, 1.165) is 11.3 Å². The van der Waals surface area contributed by atoms with E-state index in [-0.39, 0.29) is 6.61 Å². The Morgan fingerprint density at radius 2 is 2.11 bits per heavy atom. The van der Waals surface area contributed by atoms with E-state index < -0.39 is 29.9 Å². The molecule has 1 aliphatic rings. The molecule has 0 aliphatic carbocycles. The maximum absolute atomic E-state index is 12.0. The number of esters is 1. The highest BCUT2D eigenvalue weighted by atomic mass is 16.5. The molecule has 7 heteroatoms. The first-order chi connectivity index (χ1) is 8.49. The van der Waals surface area contributed by atoms with Gasteiger partial charge in [-0.2, -0.15) is 0 Å². The van der Waals surface area contributed by atoms with Crippen molar-refractivity contribution in [2.75, 3.05) is 13.2 Å². The van der Waals surface area contributed by atoms with Crippen LogP contribution in [-0.2, 0) is 19.1 Å². The van der Waals surface area contributed by atoms with Gasteiger partial charge in [0.25, 0.3) is 5.91 Å². The standard InChI is InChI=1S/C11H18N2O5/c1-2-18-11(17)8(12)9(14)13-6-4-3-5-7(13)10(15)16/h7-8H,2-6,12H2,1H3,(H,15,16)/t7-,8?/m1/s1. The van der Waals surface area contributed by atoms with Crippen molar-refractivity contribution in [2.24, 2.45) is 5.73 Å². The Balaban J connectivity index is 2.74. The average molecular weight is 258 g/mol. The molecule has 1 fully saturated rings. The number of carboxylic acid groups (broad SMARTS) is 1. The van der Waals surface area contributed by atoms with E-state index in [0.29, 0.717) is 19.4 Å². The van der Waals surface area contributed by atoms with Gasteiger partial charge in [0.05, 0.1) is 6.61 Å². The van der Waals surface area contributed by atoms with Crippen LogP contribution in [0, 0.1) is 0 Å².